The number of rotatable bonds is 3. The third kappa shape index (κ3) is 2.97. The molecule has 0 aliphatic carbocycles. The molecule has 0 spiro atoms. The molecular weight excluding hydrogens is 239 g/mol. The number of ether oxygens (including phenoxy) is 1. The van der Waals surface area contributed by atoms with Crippen molar-refractivity contribution in [1.82, 2.24) is 4.90 Å². The zero-order valence-corrected chi connectivity index (χ0v) is 10.5. The number of hydrogen-bond donors (Lipinski definition) is 1. The SMILES string of the molecule is COC(=O)CN(C)C(=O)c1cc(N)c(C)c(F)c1. The molecule has 6 heteroatoms. The quantitative estimate of drug-likeness (QED) is 0.644. The summed E-state index contributed by atoms with van der Waals surface area (Å²) in [6.07, 6.45) is 0. The number of carbonyl (C=O) groups excluding carboxylic acids is 2. The highest BCUT2D eigenvalue weighted by molar-refractivity contribution is 5.96. The second-order valence-electron chi connectivity index (χ2n) is 3.91. The Hall–Kier alpha value is -2.11. The van der Waals surface area contributed by atoms with Crippen molar-refractivity contribution in [2.45, 2.75) is 6.92 Å². The van der Waals surface area contributed by atoms with Gasteiger partial charge in [0.05, 0.1) is 7.11 Å². The molecule has 0 atom stereocenters. The number of nitrogens with two attached hydrogens (primary N) is 1. The fourth-order valence-corrected chi connectivity index (χ4v) is 1.37. The minimum Gasteiger partial charge on any atom is -0.468 e. The lowest BCUT2D eigenvalue weighted by molar-refractivity contribution is -0.141. The maximum atomic E-state index is 13.5. The smallest absolute Gasteiger partial charge is 0.325 e. The van der Waals surface area contributed by atoms with E-state index in [1.807, 2.05) is 0 Å². The van der Waals surface area contributed by atoms with Crippen LogP contribution in [0.2, 0.25) is 0 Å². The number of carbonyl (C=O) groups is 2. The molecule has 0 radical (unpaired) electrons. The number of nitrogens with zero attached hydrogens (tertiary/aromatic N) is 1. The summed E-state index contributed by atoms with van der Waals surface area (Å²) in [5.74, 6) is -1.60. The Morgan fingerprint density at radius 1 is 1.44 bits per heavy atom. The van der Waals surface area contributed by atoms with E-state index in [0.29, 0.717) is 5.56 Å². The van der Waals surface area contributed by atoms with Crippen LogP contribution in [0.15, 0.2) is 12.1 Å². The fourth-order valence-electron chi connectivity index (χ4n) is 1.37. The second kappa shape index (κ2) is 5.48. The monoisotopic (exact) mass is 254 g/mol. The van der Waals surface area contributed by atoms with E-state index in [4.69, 9.17) is 5.73 Å². The molecule has 0 saturated heterocycles. The predicted octanol–water partition coefficient (Wildman–Crippen LogP) is 0.961. The molecule has 1 aromatic carbocycles. The van der Waals surface area contributed by atoms with Crippen LogP contribution in [-0.4, -0.2) is 37.5 Å². The Bertz CT molecular complexity index is 465. The minimum atomic E-state index is -0.551. The van der Waals surface area contributed by atoms with Crippen LogP contribution in [0.3, 0.4) is 0 Å². The van der Waals surface area contributed by atoms with E-state index in [0.717, 1.165) is 11.0 Å². The number of anilines is 1. The van der Waals surface area contributed by atoms with Crippen molar-refractivity contribution < 1.29 is 18.7 Å². The van der Waals surface area contributed by atoms with Gasteiger partial charge >= 0.3 is 5.97 Å². The number of esters is 1. The molecule has 18 heavy (non-hydrogen) atoms. The summed E-state index contributed by atoms with van der Waals surface area (Å²) in [7, 11) is 2.65. The number of benzene rings is 1. The minimum absolute atomic E-state index is 0.0991. The molecule has 0 aromatic heterocycles. The van der Waals surface area contributed by atoms with Crippen molar-refractivity contribution in [3.05, 3.63) is 29.1 Å². The molecule has 0 bridgehead atoms. The van der Waals surface area contributed by atoms with Crippen LogP contribution >= 0.6 is 0 Å². The van der Waals surface area contributed by atoms with Crippen LogP contribution < -0.4 is 5.73 Å². The van der Waals surface area contributed by atoms with Crippen molar-refractivity contribution in [3.63, 3.8) is 0 Å². The first-order valence-corrected chi connectivity index (χ1v) is 5.24. The number of methoxy groups -OCH3 is 1. The Labute approximate surface area is 104 Å². The molecule has 0 fully saturated rings. The highest BCUT2D eigenvalue weighted by atomic mass is 19.1. The molecule has 0 aliphatic heterocycles. The molecule has 5 nitrogen and oxygen atoms in total. The van der Waals surface area contributed by atoms with E-state index in [1.165, 1.54) is 27.1 Å². The normalized spacial score (nSPS) is 10.0. The average Bonchev–Trinajstić information content (AvgIpc) is 2.33. The molecular formula is C12H15FN2O3. The third-order valence-electron chi connectivity index (χ3n) is 2.57. The van der Waals surface area contributed by atoms with E-state index in [-0.39, 0.29) is 17.8 Å². The van der Waals surface area contributed by atoms with Crippen LogP contribution in [-0.2, 0) is 9.53 Å². The summed E-state index contributed by atoms with van der Waals surface area (Å²) in [6, 6.07) is 2.48. The topological polar surface area (TPSA) is 72.6 Å². The molecule has 0 saturated carbocycles. The molecule has 0 unspecified atom stereocenters. The molecule has 98 valence electrons. The first-order valence-electron chi connectivity index (χ1n) is 5.24. The lowest BCUT2D eigenvalue weighted by Crippen LogP contribution is -2.32. The van der Waals surface area contributed by atoms with Crippen LogP contribution in [0.5, 0.6) is 0 Å². The summed E-state index contributed by atoms with van der Waals surface area (Å²) in [5.41, 5.74) is 6.18. The summed E-state index contributed by atoms with van der Waals surface area (Å²) in [5, 5.41) is 0. The number of halogens is 1. The lowest BCUT2D eigenvalue weighted by atomic mass is 10.1. The van der Waals surface area contributed by atoms with Gasteiger partial charge in [0.2, 0.25) is 0 Å². The number of nitrogen functional groups attached to an aromatic ring is 1. The molecule has 1 rings (SSSR count). The predicted molar refractivity (Wildman–Crippen MR) is 64.5 cm³/mol. The first-order chi connectivity index (χ1) is 8.36. The standard InChI is InChI=1S/C12H15FN2O3/c1-7-9(13)4-8(5-10(7)14)12(17)15(2)6-11(16)18-3/h4-5H,6,14H2,1-3H3. The zero-order chi connectivity index (χ0) is 13.9. The van der Waals surface area contributed by atoms with Gasteiger partial charge in [0.1, 0.15) is 12.4 Å². The van der Waals surface area contributed by atoms with Crippen LogP contribution in [0.4, 0.5) is 10.1 Å². The first kappa shape index (κ1) is 14.0. The Balaban J connectivity index is 2.94. The van der Waals surface area contributed by atoms with Gasteiger partial charge in [0.25, 0.3) is 5.91 Å². The molecule has 0 aliphatic rings. The largest absolute Gasteiger partial charge is 0.468 e. The van der Waals surface area contributed by atoms with Crippen molar-refractivity contribution in [2.75, 3.05) is 26.4 Å². The van der Waals surface area contributed by atoms with E-state index in [1.54, 1.807) is 0 Å². The Morgan fingerprint density at radius 2 is 2.06 bits per heavy atom. The summed E-state index contributed by atoms with van der Waals surface area (Å²) < 4.78 is 17.9. The maximum absolute atomic E-state index is 13.5. The number of hydrogen-bond acceptors (Lipinski definition) is 4. The van der Waals surface area contributed by atoms with Crippen LogP contribution in [0, 0.1) is 12.7 Å². The van der Waals surface area contributed by atoms with Gasteiger partial charge in [0.15, 0.2) is 0 Å². The third-order valence-corrected chi connectivity index (χ3v) is 2.57. The lowest BCUT2D eigenvalue weighted by Gasteiger charge is -2.16. The van der Waals surface area contributed by atoms with Crippen molar-refractivity contribution in [3.8, 4) is 0 Å². The molecule has 2 N–H and O–H groups in total. The molecule has 1 amide bonds. The second-order valence-corrected chi connectivity index (χ2v) is 3.91. The van der Waals surface area contributed by atoms with Crippen LogP contribution in [0.25, 0.3) is 0 Å². The van der Waals surface area contributed by atoms with Gasteiger partial charge in [-0.1, -0.05) is 0 Å². The summed E-state index contributed by atoms with van der Waals surface area (Å²) in [4.78, 5) is 24.1. The summed E-state index contributed by atoms with van der Waals surface area (Å²) >= 11 is 0. The van der Waals surface area contributed by atoms with Gasteiger partial charge in [-0.2, -0.15) is 0 Å². The van der Waals surface area contributed by atoms with Gasteiger partial charge < -0.3 is 15.4 Å². The van der Waals surface area contributed by atoms with Crippen molar-refractivity contribution in [2.24, 2.45) is 0 Å². The average molecular weight is 254 g/mol. The van der Waals surface area contributed by atoms with Gasteiger partial charge in [-0.05, 0) is 19.1 Å². The van der Waals surface area contributed by atoms with Crippen molar-refractivity contribution in [1.29, 1.82) is 0 Å². The zero-order valence-electron chi connectivity index (χ0n) is 10.5. The van der Waals surface area contributed by atoms with Crippen molar-refractivity contribution >= 4 is 17.6 Å². The summed E-state index contributed by atoms with van der Waals surface area (Å²) in [6.45, 7) is 1.32. The van der Waals surface area contributed by atoms with Gasteiger partial charge in [-0.25, -0.2) is 4.39 Å². The fraction of sp³-hybridized carbons (Fsp3) is 0.333. The van der Waals surface area contributed by atoms with Gasteiger partial charge in [0, 0.05) is 23.9 Å². The van der Waals surface area contributed by atoms with E-state index < -0.39 is 17.7 Å². The highest BCUT2D eigenvalue weighted by Gasteiger charge is 2.17. The highest BCUT2D eigenvalue weighted by Crippen LogP contribution is 2.18. The Morgan fingerprint density at radius 3 is 2.56 bits per heavy atom. The van der Waals surface area contributed by atoms with E-state index in [2.05, 4.69) is 4.74 Å². The maximum Gasteiger partial charge on any atom is 0.325 e. The molecule has 1 aromatic rings. The van der Waals surface area contributed by atoms with E-state index in [9.17, 15) is 14.0 Å². The van der Waals surface area contributed by atoms with E-state index >= 15 is 0 Å². The number of likely N-dealkylation sites (N-methyl/N-ethyl adjacent to an activating group) is 1. The van der Waals surface area contributed by atoms with Crippen LogP contribution in [0.1, 0.15) is 15.9 Å². The van der Waals surface area contributed by atoms with Gasteiger partial charge in [-0.15, -0.1) is 0 Å². The molecule has 0 heterocycles. The Kier molecular flexibility index (Phi) is 4.25. The van der Waals surface area contributed by atoms with Gasteiger partial charge in [-0.3, -0.25) is 9.59 Å². The number of amides is 1.